The van der Waals surface area contributed by atoms with Crippen LogP contribution in [0.25, 0.3) is 0 Å². The monoisotopic (exact) mass is 239 g/mol. The van der Waals surface area contributed by atoms with E-state index < -0.39 is 5.97 Å². The largest absolute Gasteiger partial charge is 0.481 e. The molecule has 0 saturated heterocycles. The molecule has 1 atom stereocenters. The second-order valence-electron chi connectivity index (χ2n) is 4.18. The van der Waals surface area contributed by atoms with E-state index in [9.17, 15) is 4.79 Å². The number of rotatable bonds is 7. The van der Waals surface area contributed by atoms with Gasteiger partial charge in [0.2, 0.25) is 0 Å². The second-order valence-corrected chi connectivity index (χ2v) is 4.18. The summed E-state index contributed by atoms with van der Waals surface area (Å²) >= 11 is 0. The maximum Gasteiger partial charge on any atom is 0.304 e. The number of carbonyl (C=O) groups is 1. The molecule has 1 N–H and O–H groups in total. The Bertz CT molecular complexity index is 362. The minimum atomic E-state index is -0.750. The van der Waals surface area contributed by atoms with Crippen LogP contribution in [0.5, 0.6) is 0 Å². The number of aromatic nitrogens is 2. The van der Waals surface area contributed by atoms with Crippen LogP contribution in [0.4, 0.5) is 0 Å². The lowest BCUT2D eigenvalue weighted by molar-refractivity contribution is -0.138. The van der Waals surface area contributed by atoms with Crippen molar-refractivity contribution in [3.05, 3.63) is 18.2 Å². The van der Waals surface area contributed by atoms with Crippen LogP contribution in [0.3, 0.4) is 0 Å². The summed E-state index contributed by atoms with van der Waals surface area (Å²) in [7, 11) is 0. The van der Waals surface area contributed by atoms with Gasteiger partial charge in [-0.15, -0.1) is 0 Å². The van der Waals surface area contributed by atoms with Crippen molar-refractivity contribution in [2.75, 3.05) is 6.54 Å². The number of carboxylic acid groups (broad SMARTS) is 1. The third-order valence-corrected chi connectivity index (χ3v) is 3.00. The predicted molar refractivity (Wildman–Crippen MR) is 65.7 cm³/mol. The summed E-state index contributed by atoms with van der Waals surface area (Å²) in [5.41, 5.74) is 1.13. The Balaban J connectivity index is 2.66. The Kier molecular flexibility index (Phi) is 5.15. The van der Waals surface area contributed by atoms with Crippen molar-refractivity contribution in [3.63, 3.8) is 0 Å². The smallest absolute Gasteiger partial charge is 0.304 e. The first kappa shape index (κ1) is 13.7. The van der Waals surface area contributed by atoms with Crippen molar-refractivity contribution in [1.82, 2.24) is 14.5 Å². The van der Waals surface area contributed by atoms with Crippen LogP contribution in [0, 0.1) is 0 Å². The van der Waals surface area contributed by atoms with Gasteiger partial charge in [0.25, 0.3) is 0 Å². The van der Waals surface area contributed by atoms with E-state index in [1.54, 1.807) is 0 Å². The van der Waals surface area contributed by atoms with Gasteiger partial charge in [-0.1, -0.05) is 6.92 Å². The number of aryl methyl sites for hydroxylation is 1. The molecule has 5 heteroatoms. The van der Waals surface area contributed by atoms with E-state index in [1.807, 2.05) is 26.4 Å². The van der Waals surface area contributed by atoms with Crippen molar-refractivity contribution in [3.8, 4) is 0 Å². The normalized spacial score (nSPS) is 12.9. The molecule has 0 fully saturated rings. The van der Waals surface area contributed by atoms with Crippen LogP contribution < -0.4 is 0 Å². The number of carboxylic acids is 1. The molecule has 0 spiro atoms. The van der Waals surface area contributed by atoms with E-state index in [2.05, 4.69) is 21.4 Å². The van der Waals surface area contributed by atoms with E-state index >= 15 is 0 Å². The van der Waals surface area contributed by atoms with Crippen LogP contribution in [0.2, 0.25) is 0 Å². The predicted octanol–water partition coefficient (Wildman–Crippen LogP) is 1.59. The molecule has 0 aliphatic heterocycles. The lowest BCUT2D eigenvalue weighted by Gasteiger charge is -2.26. The number of nitrogens with zero attached hydrogens (tertiary/aromatic N) is 3. The Morgan fingerprint density at radius 3 is 2.82 bits per heavy atom. The van der Waals surface area contributed by atoms with Gasteiger partial charge in [0, 0.05) is 25.3 Å². The summed E-state index contributed by atoms with van der Waals surface area (Å²) in [4.78, 5) is 17.0. The fourth-order valence-electron chi connectivity index (χ4n) is 1.93. The number of hydrogen-bond acceptors (Lipinski definition) is 3. The first-order chi connectivity index (χ1) is 8.08. The number of hydrogen-bond donors (Lipinski definition) is 1. The zero-order chi connectivity index (χ0) is 12.8. The van der Waals surface area contributed by atoms with Crippen LogP contribution in [-0.4, -0.2) is 38.1 Å². The molecular weight excluding hydrogens is 218 g/mol. The van der Waals surface area contributed by atoms with Gasteiger partial charge in [-0.3, -0.25) is 9.69 Å². The zero-order valence-electron chi connectivity index (χ0n) is 10.8. The molecule has 1 unspecified atom stereocenters. The summed E-state index contributed by atoms with van der Waals surface area (Å²) in [5, 5.41) is 8.81. The minimum Gasteiger partial charge on any atom is -0.481 e. The van der Waals surface area contributed by atoms with Gasteiger partial charge >= 0.3 is 5.97 Å². The SMILES string of the molecule is CCN(Cc1cncn1CC)C(C)CC(=O)O. The standard InChI is InChI=1S/C12H21N3O2/c1-4-14(10(3)6-12(16)17)8-11-7-13-9-15(11)5-2/h7,9-10H,4-6,8H2,1-3H3,(H,16,17). The number of aliphatic carboxylic acids is 1. The molecule has 0 radical (unpaired) electrons. The second kappa shape index (κ2) is 6.39. The van der Waals surface area contributed by atoms with Crippen molar-refractivity contribution < 1.29 is 9.90 Å². The average Bonchev–Trinajstić information content (AvgIpc) is 2.71. The Morgan fingerprint density at radius 1 is 1.59 bits per heavy atom. The van der Waals surface area contributed by atoms with E-state index in [4.69, 9.17) is 5.11 Å². The van der Waals surface area contributed by atoms with E-state index in [0.29, 0.717) is 0 Å². The average molecular weight is 239 g/mol. The third kappa shape index (κ3) is 3.85. The molecule has 0 bridgehead atoms. The molecule has 1 heterocycles. The van der Waals surface area contributed by atoms with E-state index in [0.717, 1.165) is 25.3 Å². The van der Waals surface area contributed by atoms with Crippen molar-refractivity contribution >= 4 is 5.97 Å². The first-order valence-electron chi connectivity index (χ1n) is 6.03. The highest BCUT2D eigenvalue weighted by molar-refractivity contribution is 5.67. The van der Waals surface area contributed by atoms with E-state index in [-0.39, 0.29) is 12.5 Å². The van der Waals surface area contributed by atoms with Crippen molar-refractivity contribution in [1.29, 1.82) is 0 Å². The topological polar surface area (TPSA) is 58.4 Å². The quantitative estimate of drug-likeness (QED) is 0.785. The highest BCUT2D eigenvalue weighted by Crippen LogP contribution is 2.10. The highest BCUT2D eigenvalue weighted by Gasteiger charge is 2.16. The molecule has 17 heavy (non-hydrogen) atoms. The summed E-state index contributed by atoms with van der Waals surface area (Å²) in [6.45, 7) is 8.54. The van der Waals surface area contributed by atoms with Gasteiger partial charge in [0.1, 0.15) is 0 Å². The van der Waals surface area contributed by atoms with Crippen LogP contribution in [0.15, 0.2) is 12.5 Å². The molecular formula is C12H21N3O2. The minimum absolute atomic E-state index is 0.0395. The highest BCUT2D eigenvalue weighted by atomic mass is 16.4. The summed E-state index contributed by atoms with van der Waals surface area (Å²) < 4.78 is 2.08. The molecule has 0 amide bonds. The van der Waals surface area contributed by atoms with Gasteiger partial charge in [0.05, 0.1) is 18.4 Å². The Hall–Kier alpha value is -1.36. The fraction of sp³-hybridized carbons (Fsp3) is 0.667. The number of imidazole rings is 1. The third-order valence-electron chi connectivity index (χ3n) is 3.00. The van der Waals surface area contributed by atoms with Crippen LogP contribution >= 0.6 is 0 Å². The summed E-state index contributed by atoms with van der Waals surface area (Å²) in [6.07, 6.45) is 3.83. The zero-order valence-corrected chi connectivity index (χ0v) is 10.8. The molecule has 0 saturated carbocycles. The van der Waals surface area contributed by atoms with Gasteiger partial charge in [-0.25, -0.2) is 4.98 Å². The lowest BCUT2D eigenvalue weighted by Crippen LogP contribution is -2.34. The van der Waals surface area contributed by atoms with Gasteiger partial charge in [-0.2, -0.15) is 0 Å². The fourth-order valence-corrected chi connectivity index (χ4v) is 1.93. The summed E-state index contributed by atoms with van der Waals surface area (Å²) in [6, 6.07) is 0.0395. The van der Waals surface area contributed by atoms with Crippen molar-refractivity contribution in [2.45, 2.75) is 46.3 Å². The van der Waals surface area contributed by atoms with Gasteiger partial charge < -0.3 is 9.67 Å². The molecule has 1 aromatic heterocycles. The van der Waals surface area contributed by atoms with Gasteiger partial charge in [-0.05, 0) is 20.4 Å². The molecule has 0 aliphatic carbocycles. The van der Waals surface area contributed by atoms with Crippen molar-refractivity contribution in [2.24, 2.45) is 0 Å². The molecule has 0 aliphatic rings. The molecule has 1 rings (SSSR count). The summed E-state index contributed by atoms with van der Waals surface area (Å²) in [5.74, 6) is -0.750. The maximum atomic E-state index is 10.7. The van der Waals surface area contributed by atoms with Crippen LogP contribution in [-0.2, 0) is 17.9 Å². The Morgan fingerprint density at radius 2 is 2.29 bits per heavy atom. The van der Waals surface area contributed by atoms with Gasteiger partial charge in [0.15, 0.2) is 0 Å². The first-order valence-corrected chi connectivity index (χ1v) is 6.03. The molecule has 0 aromatic carbocycles. The maximum absolute atomic E-state index is 10.7. The Labute approximate surface area is 102 Å². The van der Waals surface area contributed by atoms with Crippen LogP contribution in [0.1, 0.15) is 32.9 Å². The molecule has 1 aromatic rings. The van der Waals surface area contributed by atoms with E-state index in [1.165, 1.54) is 0 Å². The molecule has 5 nitrogen and oxygen atoms in total. The molecule has 96 valence electrons. The lowest BCUT2D eigenvalue weighted by atomic mass is 10.2.